The summed E-state index contributed by atoms with van der Waals surface area (Å²) < 4.78 is 0. The Bertz CT molecular complexity index is 1480. The molecule has 4 heteroatoms. The molecule has 0 N–H and O–H groups in total. The van der Waals surface area contributed by atoms with E-state index < -0.39 is 0 Å². The van der Waals surface area contributed by atoms with Crippen LogP contribution in [0, 0.1) is 0 Å². The number of benzene rings is 5. The summed E-state index contributed by atoms with van der Waals surface area (Å²) in [5.74, 6) is 0. The Hall–Kier alpha value is -4.18. The van der Waals surface area contributed by atoms with Gasteiger partial charge >= 0.3 is 0 Å². The molecule has 5 aromatic rings. The molecule has 0 saturated heterocycles. The van der Waals surface area contributed by atoms with Gasteiger partial charge in [0.05, 0.1) is 13.3 Å². The van der Waals surface area contributed by atoms with Crippen LogP contribution in [-0.4, -0.2) is 27.4 Å². The quantitative estimate of drug-likeness (QED) is 0.286. The summed E-state index contributed by atoms with van der Waals surface area (Å²) in [6, 6.07) is 35.6. The van der Waals surface area contributed by atoms with E-state index in [0.29, 0.717) is 0 Å². The first-order valence-corrected chi connectivity index (χ1v) is 12.7. The molecule has 0 saturated carbocycles. The van der Waals surface area contributed by atoms with Gasteiger partial charge in [0, 0.05) is 60.7 Å². The maximum absolute atomic E-state index is 2.52. The minimum absolute atomic E-state index is 0.879. The third-order valence-corrected chi connectivity index (χ3v) is 7.83. The smallest absolute Gasteiger partial charge is 0.0903 e. The predicted molar refractivity (Wildman–Crippen MR) is 153 cm³/mol. The van der Waals surface area contributed by atoms with Crippen LogP contribution in [0.2, 0.25) is 0 Å². The molecular weight excluding hydrogens is 440 g/mol. The molecular formula is C32H30N4. The average Bonchev–Trinajstić information content (AvgIpc) is 2.91. The third kappa shape index (κ3) is 3.29. The number of rotatable bonds is 4. The second kappa shape index (κ2) is 8.20. The molecule has 2 aliphatic rings. The zero-order valence-electron chi connectivity index (χ0n) is 20.9. The fourth-order valence-corrected chi connectivity index (χ4v) is 6.13. The van der Waals surface area contributed by atoms with Crippen molar-refractivity contribution >= 4 is 44.3 Å². The molecule has 5 aromatic carbocycles. The Labute approximate surface area is 212 Å². The standard InChI is InChI=1S/C32H30N4/c1-33-21-35(29-17-7-13-23-11-5-15-27(33)31(23)29)19-25-9-3-4-10-26(25)20-36-22-34(2)28-16-6-12-24-14-8-18-30(36)32(24)28/h3-18H,19-22H2,1-2H3. The highest BCUT2D eigenvalue weighted by molar-refractivity contribution is 6.06. The molecule has 0 fully saturated rings. The molecule has 0 spiro atoms. The van der Waals surface area contributed by atoms with E-state index in [1.807, 2.05) is 0 Å². The summed E-state index contributed by atoms with van der Waals surface area (Å²) >= 11 is 0. The first-order valence-electron chi connectivity index (χ1n) is 12.7. The topological polar surface area (TPSA) is 13.0 Å². The van der Waals surface area contributed by atoms with Gasteiger partial charge in [-0.05, 0) is 46.2 Å². The zero-order chi connectivity index (χ0) is 24.2. The van der Waals surface area contributed by atoms with E-state index in [1.54, 1.807) is 0 Å². The highest BCUT2D eigenvalue weighted by atomic mass is 15.3. The number of anilines is 4. The van der Waals surface area contributed by atoms with Crippen LogP contribution in [-0.2, 0) is 13.1 Å². The Morgan fingerprint density at radius 3 is 1.28 bits per heavy atom. The predicted octanol–water partition coefficient (Wildman–Crippen LogP) is 6.82. The lowest BCUT2D eigenvalue weighted by Crippen LogP contribution is -2.40. The Balaban J connectivity index is 1.25. The van der Waals surface area contributed by atoms with Crippen LogP contribution < -0.4 is 19.6 Å². The van der Waals surface area contributed by atoms with Crippen molar-refractivity contribution in [2.24, 2.45) is 0 Å². The number of nitrogens with zero attached hydrogens (tertiary/aromatic N) is 4. The highest BCUT2D eigenvalue weighted by Crippen LogP contribution is 2.41. The maximum atomic E-state index is 2.52. The van der Waals surface area contributed by atoms with Crippen molar-refractivity contribution in [2.75, 3.05) is 47.0 Å². The van der Waals surface area contributed by atoms with Crippen molar-refractivity contribution < 1.29 is 0 Å². The lowest BCUT2D eigenvalue weighted by atomic mass is 10.0. The van der Waals surface area contributed by atoms with Gasteiger partial charge in [-0.3, -0.25) is 0 Å². The average molecular weight is 471 g/mol. The van der Waals surface area contributed by atoms with Gasteiger partial charge in [0.2, 0.25) is 0 Å². The molecule has 0 aromatic heterocycles. The first-order chi connectivity index (χ1) is 17.7. The van der Waals surface area contributed by atoms with Gasteiger partial charge in [-0.25, -0.2) is 0 Å². The van der Waals surface area contributed by atoms with Crippen molar-refractivity contribution in [3.8, 4) is 0 Å². The summed E-state index contributed by atoms with van der Waals surface area (Å²) in [4.78, 5) is 9.78. The Kier molecular flexibility index (Phi) is 4.81. The summed E-state index contributed by atoms with van der Waals surface area (Å²) in [5.41, 5.74) is 8.05. The molecule has 4 nitrogen and oxygen atoms in total. The molecule has 0 aliphatic carbocycles. The van der Waals surface area contributed by atoms with Gasteiger partial charge in [-0.1, -0.05) is 72.8 Å². The molecule has 0 radical (unpaired) electrons. The van der Waals surface area contributed by atoms with E-state index in [2.05, 4.69) is 131 Å². The lowest BCUT2D eigenvalue weighted by Gasteiger charge is -2.39. The molecule has 178 valence electrons. The minimum Gasteiger partial charge on any atom is -0.356 e. The minimum atomic E-state index is 0.879. The lowest BCUT2D eigenvalue weighted by molar-refractivity contribution is 0.736. The van der Waals surface area contributed by atoms with Crippen molar-refractivity contribution in [3.63, 3.8) is 0 Å². The van der Waals surface area contributed by atoms with Crippen molar-refractivity contribution in [1.82, 2.24) is 0 Å². The summed E-state index contributed by atoms with van der Waals surface area (Å²) in [6.07, 6.45) is 0. The second-order valence-corrected chi connectivity index (χ2v) is 10.1. The van der Waals surface area contributed by atoms with Crippen LogP contribution in [0.15, 0.2) is 97.1 Å². The van der Waals surface area contributed by atoms with Crippen molar-refractivity contribution in [2.45, 2.75) is 13.1 Å². The molecule has 0 unspecified atom stereocenters. The second-order valence-electron chi connectivity index (χ2n) is 10.1. The van der Waals surface area contributed by atoms with E-state index in [0.717, 1.165) is 26.4 Å². The van der Waals surface area contributed by atoms with Crippen molar-refractivity contribution in [3.05, 3.63) is 108 Å². The highest BCUT2D eigenvalue weighted by Gasteiger charge is 2.25. The van der Waals surface area contributed by atoms with Gasteiger partial charge in [0.15, 0.2) is 0 Å². The normalized spacial score (nSPS) is 14.7. The van der Waals surface area contributed by atoms with Crippen LogP contribution in [0.5, 0.6) is 0 Å². The molecule has 0 amide bonds. The monoisotopic (exact) mass is 470 g/mol. The summed E-state index contributed by atoms with van der Waals surface area (Å²) in [5, 5.41) is 5.32. The molecule has 0 atom stereocenters. The van der Waals surface area contributed by atoms with Crippen LogP contribution in [0.25, 0.3) is 21.5 Å². The first kappa shape index (κ1) is 21.1. The largest absolute Gasteiger partial charge is 0.356 e. The third-order valence-electron chi connectivity index (χ3n) is 7.83. The van der Waals surface area contributed by atoms with E-state index in [-0.39, 0.29) is 0 Å². The fourth-order valence-electron chi connectivity index (χ4n) is 6.13. The maximum Gasteiger partial charge on any atom is 0.0903 e. The Morgan fingerprint density at radius 1 is 0.472 bits per heavy atom. The number of hydrogen-bond acceptors (Lipinski definition) is 4. The molecule has 7 rings (SSSR count). The van der Waals surface area contributed by atoms with E-state index >= 15 is 0 Å². The van der Waals surface area contributed by atoms with Crippen LogP contribution in [0.1, 0.15) is 11.1 Å². The van der Waals surface area contributed by atoms with Gasteiger partial charge in [0.1, 0.15) is 0 Å². The number of hydrogen-bond donors (Lipinski definition) is 0. The van der Waals surface area contributed by atoms with Gasteiger partial charge in [-0.15, -0.1) is 0 Å². The van der Waals surface area contributed by atoms with Gasteiger partial charge in [0.25, 0.3) is 0 Å². The zero-order valence-corrected chi connectivity index (χ0v) is 20.9. The van der Waals surface area contributed by atoms with Gasteiger partial charge < -0.3 is 19.6 Å². The van der Waals surface area contributed by atoms with Crippen molar-refractivity contribution in [1.29, 1.82) is 0 Å². The van der Waals surface area contributed by atoms with Crippen LogP contribution in [0.4, 0.5) is 22.7 Å². The Morgan fingerprint density at radius 2 is 0.861 bits per heavy atom. The molecule has 2 heterocycles. The summed E-state index contributed by atoms with van der Waals surface area (Å²) in [6.45, 7) is 3.53. The fraction of sp³-hybridized carbons (Fsp3) is 0.188. The van der Waals surface area contributed by atoms with E-state index in [4.69, 9.17) is 0 Å². The van der Waals surface area contributed by atoms with E-state index in [9.17, 15) is 0 Å². The molecule has 2 aliphatic heterocycles. The van der Waals surface area contributed by atoms with Crippen LogP contribution >= 0.6 is 0 Å². The molecule has 36 heavy (non-hydrogen) atoms. The van der Waals surface area contributed by atoms with Crippen LogP contribution in [0.3, 0.4) is 0 Å². The summed E-state index contributed by atoms with van der Waals surface area (Å²) in [7, 11) is 4.40. The molecule has 0 bridgehead atoms. The van der Waals surface area contributed by atoms with E-state index in [1.165, 1.54) is 55.4 Å². The van der Waals surface area contributed by atoms with Gasteiger partial charge in [-0.2, -0.15) is 0 Å². The SMILES string of the molecule is CN1CN(Cc2ccccc2CN2CN(C)c3cccc4cccc2c34)c2cccc3cccc1c23.